The van der Waals surface area contributed by atoms with Crippen molar-refractivity contribution in [3.63, 3.8) is 0 Å². The number of fused-ring (bicyclic) bond motifs is 1. The topological polar surface area (TPSA) is 0 Å². The van der Waals surface area contributed by atoms with Crippen LogP contribution < -0.4 is 17.0 Å². The third-order valence-corrected chi connectivity index (χ3v) is 2.88. The largest absolute Gasteiger partial charge is 1.00 e. The molecule has 0 N–H and O–H groups in total. The second-order valence-corrected chi connectivity index (χ2v) is 5.54. The molecule has 0 aliphatic heterocycles. The summed E-state index contributed by atoms with van der Waals surface area (Å²) in [6, 6.07) is 13.2. The maximum absolute atomic E-state index is 2.27. The van der Waals surface area contributed by atoms with Gasteiger partial charge in [0.25, 0.3) is 0 Å². The predicted octanol–water partition coefficient (Wildman–Crippen LogP) is 0.358. The van der Waals surface area contributed by atoms with E-state index in [-0.39, 0.29) is 17.0 Å². The molecule has 0 atom stereocenters. The van der Waals surface area contributed by atoms with Gasteiger partial charge in [-0.15, -0.1) is 0 Å². The van der Waals surface area contributed by atoms with E-state index in [2.05, 4.69) is 64.5 Å². The Morgan fingerprint density at radius 3 is 2.06 bits per heavy atom. The Balaban J connectivity index is 0.00000144. The smallest absolute Gasteiger partial charge is 0.104 e. The number of hydrogen-bond donors (Lipinski definition) is 0. The van der Waals surface area contributed by atoms with Gasteiger partial charge in [0.05, 0.1) is 21.1 Å². The Hall–Kier alpha value is -0.860. The normalized spacial score (nSPS) is 11.3. The number of hydrogen-bond acceptors (Lipinski definition) is 0. The lowest BCUT2D eigenvalue weighted by molar-refractivity contribution is -0.883. The molecule has 0 spiro atoms. The summed E-state index contributed by atoms with van der Waals surface area (Å²) in [5.41, 5.74) is 2.80. The summed E-state index contributed by atoms with van der Waals surface area (Å²) >= 11 is 0. The lowest BCUT2D eigenvalue weighted by Gasteiger charge is -2.24. The van der Waals surface area contributed by atoms with Gasteiger partial charge < -0.3 is 21.5 Å². The van der Waals surface area contributed by atoms with Crippen LogP contribution in [0.4, 0.5) is 0 Å². The Morgan fingerprint density at radius 2 is 1.47 bits per heavy atom. The molecule has 2 rings (SSSR count). The minimum Gasteiger partial charge on any atom is -1.00 e. The maximum atomic E-state index is 2.27. The van der Waals surface area contributed by atoms with Crippen molar-refractivity contribution in [1.82, 2.24) is 0 Å². The number of quaternary nitrogens is 1. The van der Waals surface area contributed by atoms with Crippen molar-refractivity contribution >= 4 is 10.8 Å². The molecule has 0 saturated carbocycles. The number of benzene rings is 2. The highest BCUT2D eigenvalue weighted by Crippen LogP contribution is 2.23. The molecule has 0 aliphatic carbocycles. The Bertz CT molecular complexity index is 512. The van der Waals surface area contributed by atoms with E-state index in [9.17, 15) is 0 Å². The van der Waals surface area contributed by atoms with Crippen molar-refractivity contribution in [2.45, 2.75) is 13.5 Å². The van der Waals surface area contributed by atoms with Crippen LogP contribution in [0.15, 0.2) is 36.4 Å². The van der Waals surface area contributed by atoms with Crippen LogP contribution >= 0.6 is 0 Å². The summed E-state index contributed by atoms with van der Waals surface area (Å²) in [4.78, 5) is 0. The fourth-order valence-corrected chi connectivity index (χ4v) is 2.16. The third-order valence-electron chi connectivity index (χ3n) is 2.88. The van der Waals surface area contributed by atoms with Gasteiger partial charge in [-0.25, -0.2) is 0 Å². The minimum atomic E-state index is 0. The van der Waals surface area contributed by atoms with Crippen LogP contribution in [0.5, 0.6) is 0 Å². The van der Waals surface area contributed by atoms with Crippen LogP contribution in [0.1, 0.15) is 11.1 Å². The van der Waals surface area contributed by atoms with Gasteiger partial charge in [0.2, 0.25) is 0 Å². The lowest BCUT2D eigenvalue weighted by atomic mass is 10.00. The van der Waals surface area contributed by atoms with Crippen LogP contribution in [0, 0.1) is 6.92 Å². The number of nitrogens with zero attached hydrogens (tertiary/aromatic N) is 1. The molecule has 0 saturated heterocycles. The summed E-state index contributed by atoms with van der Waals surface area (Å²) < 4.78 is 0.965. The summed E-state index contributed by atoms with van der Waals surface area (Å²) in [5, 5.41) is 2.78. The number of rotatable bonds is 2. The fourth-order valence-electron chi connectivity index (χ4n) is 2.16. The summed E-state index contributed by atoms with van der Waals surface area (Å²) in [7, 11) is 6.69. The Kier molecular flexibility index (Phi) is 4.34. The lowest BCUT2D eigenvalue weighted by Crippen LogP contribution is -3.00. The van der Waals surface area contributed by atoms with E-state index in [1.54, 1.807) is 0 Å². The quantitative estimate of drug-likeness (QED) is 0.702. The molecule has 1 nitrogen and oxygen atoms in total. The molecule has 2 heteroatoms. The van der Waals surface area contributed by atoms with Crippen molar-refractivity contribution in [2.24, 2.45) is 0 Å². The van der Waals surface area contributed by atoms with Gasteiger partial charge in [-0.05, 0) is 23.3 Å². The fraction of sp³-hybridized carbons (Fsp3) is 0.333. The van der Waals surface area contributed by atoms with Gasteiger partial charge in [0, 0.05) is 5.56 Å². The highest BCUT2D eigenvalue weighted by atomic mass is 79.9. The van der Waals surface area contributed by atoms with E-state index in [0.717, 1.165) is 11.0 Å². The zero-order valence-corrected chi connectivity index (χ0v) is 12.6. The first-order chi connectivity index (χ1) is 7.47. The average molecular weight is 294 g/mol. The van der Waals surface area contributed by atoms with Gasteiger partial charge in [0.1, 0.15) is 6.54 Å². The van der Waals surface area contributed by atoms with Crippen molar-refractivity contribution in [3.8, 4) is 0 Å². The van der Waals surface area contributed by atoms with Crippen molar-refractivity contribution in [2.75, 3.05) is 21.1 Å². The van der Waals surface area contributed by atoms with E-state index in [4.69, 9.17) is 0 Å². The molecule has 92 valence electrons. The summed E-state index contributed by atoms with van der Waals surface area (Å²) in [6.45, 7) is 3.25. The summed E-state index contributed by atoms with van der Waals surface area (Å²) in [5.74, 6) is 0. The first-order valence-corrected chi connectivity index (χ1v) is 5.75. The molecule has 17 heavy (non-hydrogen) atoms. The van der Waals surface area contributed by atoms with Gasteiger partial charge in [-0.2, -0.15) is 0 Å². The van der Waals surface area contributed by atoms with Crippen molar-refractivity contribution in [3.05, 3.63) is 47.5 Å². The van der Waals surface area contributed by atoms with Gasteiger partial charge in [-0.1, -0.05) is 36.4 Å². The first-order valence-electron chi connectivity index (χ1n) is 5.75. The Labute approximate surface area is 114 Å². The molecule has 2 aromatic rings. The second-order valence-electron chi connectivity index (χ2n) is 5.54. The zero-order chi connectivity index (χ0) is 11.8. The molecular weight excluding hydrogens is 274 g/mol. The van der Waals surface area contributed by atoms with E-state index in [0.29, 0.717) is 0 Å². The SMILES string of the molecule is Cc1ccc(C[N+](C)(C)C)c2ccccc12.[Br-]. The predicted molar refractivity (Wildman–Crippen MR) is 70.4 cm³/mol. The van der Waals surface area contributed by atoms with Crippen molar-refractivity contribution in [1.29, 1.82) is 0 Å². The third kappa shape index (κ3) is 3.30. The van der Waals surface area contributed by atoms with Gasteiger partial charge >= 0.3 is 0 Å². The zero-order valence-electron chi connectivity index (χ0n) is 11.0. The molecule has 0 aromatic heterocycles. The van der Waals surface area contributed by atoms with Crippen LogP contribution in [-0.2, 0) is 6.54 Å². The van der Waals surface area contributed by atoms with E-state index >= 15 is 0 Å². The van der Waals surface area contributed by atoms with Crippen LogP contribution in [-0.4, -0.2) is 25.6 Å². The van der Waals surface area contributed by atoms with E-state index < -0.39 is 0 Å². The first kappa shape index (κ1) is 14.2. The van der Waals surface area contributed by atoms with Crippen LogP contribution in [0.25, 0.3) is 10.8 Å². The van der Waals surface area contributed by atoms with Crippen LogP contribution in [0.3, 0.4) is 0 Å². The van der Waals surface area contributed by atoms with Crippen molar-refractivity contribution < 1.29 is 21.5 Å². The van der Waals surface area contributed by atoms with E-state index in [1.807, 2.05) is 0 Å². The van der Waals surface area contributed by atoms with E-state index in [1.165, 1.54) is 21.9 Å². The molecule has 0 radical (unpaired) electrons. The minimum absolute atomic E-state index is 0. The van der Waals surface area contributed by atoms with Gasteiger partial charge in [0.15, 0.2) is 0 Å². The number of halogens is 1. The molecule has 0 bridgehead atoms. The molecule has 0 amide bonds. The second kappa shape index (κ2) is 5.19. The summed E-state index contributed by atoms with van der Waals surface area (Å²) in [6.07, 6.45) is 0. The Morgan fingerprint density at radius 1 is 0.882 bits per heavy atom. The number of aryl methyl sites for hydroxylation is 1. The molecular formula is C15H20BrN. The average Bonchev–Trinajstić information content (AvgIpc) is 2.21. The monoisotopic (exact) mass is 293 g/mol. The molecule has 2 aromatic carbocycles. The molecule has 0 aliphatic rings. The molecule has 0 unspecified atom stereocenters. The highest BCUT2D eigenvalue weighted by molar-refractivity contribution is 5.88. The maximum Gasteiger partial charge on any atom is 0.104 e. The highest BCUT2D eigenvalue weighted by Gasteiger charge is 2.11. The standard InChI is InChI=1S/C15H20N.BrH/c1-12-9-10-13(11-16(2,3)4)15-8-6-5-7-14(12)15;/h5-10H,11H2,1-4H3;1H/q+1;/p-1. The van der Waals surface area contributed by atoms with Crippen LogP contribution in [0.2, 0.25) is 0 Å². The molecule has 0 fully saturated rings. The van der Waals surface area contributed by atoms with Gasteiger partial charge in [-0.3, -0.25) is 0 Å². The molecule has 0 heterocycles.